The summed E-state index contributed by atoms with van der Waals surface area (Å²) in [5.41, 5.74) is 4.83. The van der Waals surface area contributed by atoms with Crippen molar-refractivity contribution < 1.29 is 14.3 Å². The Bertz CT molecular complexity index is 955. The Hall–Kier alpha value is -2.84. The number of anilines is 1. The van der Waals surface area contributed by atoms with E-state index in [1.165, 1.54) is 7.11 Å². The van der Waals surface area contributed by atoms with Gasteiger partial charge < -0.3 is 9.64 Å². The van der Waals surface area contributed by atoms with Gasteiger partial charge in [0.05, 0.1) is 17.6 Å². The number of nitrogens with one attached hydrogen (secondary N) is 1. The number of para-hydroxylation sites is 1. The number of hydrogen-bond acceptors (Lipinski definition) is 6. The van der Waals surface area contributed by atoms with E-state index in [4.69, 9.17) is 17.0 Å². The van der Waals surface area contributed by atoms with Gasteiger partial charge in [-0.25, -0.2) is 0 Å². The van der Waals surface area contributed by atoms with Crippen LogP contribution in [0.2, 0.25) is 0 Å². The molecule has 0 radical (unpaired) electrons. The molecule has 1 fully saturated rings. The Balaban J connectivity index is 1.77. The number of hydrazine groups is 1. The highest BCUT2D eigenvalue weighted by Gasteiger charge is 2.34. The van der Waals surface area contributed by atoms with Crippen molar-refractivity contribution in [3.05, 3.63) is 64.6 Å². The van der Waals surface area contributed by atoms with E-state index in [1.54, 1.807) is 30.3 Å². The fraction of sp³-hybridized carbons (Fsp3) is 0.150. The average molecular weight is 414 g/mol. The highest BCUT2D eigenvalue weighted by atomic mass is 32.2. The minimum atomic E-state index is -0.467. The molecule has 0 spiro atoms. The SMILES string of the molecule is COc1ccccc1C(=O)NN1C(=O)/C(=C/c2ccc(N(C)C)cc2)SC1=S. The summed E-state index contributed by atoms with van der Waals surface area (Å²) in [5.74, 6) is -0.415. The number of amides is 2. The molecule has 2 aromatic rings. The first kappa shape index (κ1) is 19.9. The standard InChI is InChI=1S/C20H19N3O3S2/c1-22(2)14-10-8-13(9-11-14)12-17-19(25)23(20(27)28-17)21-18(24)15-6-4-5-7-16(15)26-3/h4-12H,1-3H3,(H,21,24)/b17-12-. The summed E-state index contributed by atoms with van der Waals surface area (Å²) in [5, 5.41) is 1.09. The first-order valence-corrected chi connectivity index (χ1v) is 9.62. The lowest BCUT2D eigenvalue weighted by atomic mass is 10.2. The molecule has 0 bridgehead atoms. The van der Waals surface area contributed by atoms with Crippen LogP contribution in [-0.4, -0.2) is 42.3 Å². The molecule has 0 saturated carbocycles. The molecule has 1 N–H and O–H groups in total. The fourth-order valence-corrected chi connectivity index (χ4v) is 3.76. The molecular formula is C20H19N3O3S2. The zero-order valence-electron chi connectivity index (χ0n) is 15.6. The molecule has 1 saturated heterocycles. The van der Waals surface area contributed by atoms with Gasteiger partial charge in [0, 0.05) is 19.8 Å². The highest BCUT2D eigenvalue weighted by molar-refractivity contribution is 8.26. The van der Waals surface area contributed by atoms with Crippen molar-refractivity contribution in [2.45, 2.75) is 0 Å². The van der Waals surface area contributed by atoms with Gasteiger partial charge in [0.1, 0.15) is 5.75 Å². The molecule has 8 heteroatoms. The number of carbonyl (C=O) groups is 2. The highest BCUT2D eigenvalue weighted by Crippen LogP contribution is 2.32. The van der Waals surface area contributed by atoms with Crippen LogP contribution in [0.15, 0.2) is 53.4 Å². The third-order valence-corrected chi connectivity index (χ3v) is 5.37. The van der Waals surface area contributed by atoms with Gasteiger partial charge in [-0.15, -0.1) is 0 Å². The van der Waals surface area contributed by atoms with Crippen LogP contribution in [0.5, 0.6) is 5.75 Å². The molecule has 0 aliphatic carbocycles. The van der Waals surface area contributed by atoms with Crippen molar-refractivity contribution >= 4 is 51.9 Å². The van der Waals surface area contributed by atoms with Crippen LogP contribution >= 0.6 is 24.0 Å². The van der Waals surface area contributed by atoms with E-state index in [0.29, 0.717) is 16.2 Å². The first-order chi connectivity index (χ1) is 13.4. The summed E-state index contributed by atoms with van der Waals surface area (Å²) in [6, 6.07) is 14.6. The van der Waals surface area contributed by atoms with Gasteiger partial charge in [-0.1, -0.05) is 36.0 Å². The minimum Gasteiger partial charge on any atom is -0.496 e. The number of rotatable bonds is 5. The Kier molecular flexibility index (Phi) is 6.01. The van der Waals surface area contributed by atoms with Crippen LogP contribution in [0.1, 0.15) is 15.9 Å². The number of carbonyl (C=O) groups excluding carboxylic acids is 2. The van der Waals surface area contributed by atoms with Crippen LogP contribution in [0.4, 0.5) is 5.69 Å². The predicted molar refractivity (Wildman–Crippen MR) is 116 cm³/mol. The van der Waals surface area contributed by atoms with E-state index in [1.807, 2.05) is 43.3 Å². The van der Waals surface area contributed by atoms with Crippen molar-refractivity contribution in [2.75, 3.05) is 26.1 Å². The average Bonchev–Trinajstić information content (AvgIpc) is 2.95. The third kappa shape index (κ3) is 4.18. The number of thioether (sulfide) groups is 1. The summed E-state index contributed by atoms with van der Waals surface area (Å²) in [7, 11) is 5.41. The van der Waals surface area contributed by atoms with Crippen molar-refractivity contribution in [2.24, 2.45) is 0 Å². The van der Waals surface area contributed by atoms with Crippen molar-refractivity contribution in [3.63, 3.8) is 0 Å². The topological polar surface area (TPSA) is 61.9 Å². The number of nitrogens with zero attached hydrogens (tertiary/aromatic N) is 2. The smallest absolute Gasteiger partial charge is 0.285 e. The van der Waals surface area contributed by atoms with E-state index in [9.17, 15) is 9.59 Å². The van der Waals surface area contributed by atoms with E-state index in [2.05, 4.69) is 5.43 Å². The van der Waals surface area contributed by atoms with Crippen molar-refractivity contribution in [1.82, 2.24) is 10.4 Å². The fourth-order valence-electron chi connectivity index (χ4n) is 2.58. The molecule has 2 amide bonds. The monoisotopic (exact) mass is 413 g/mol. The lowest BCUT2D eigenvalue weighted by Gasteiger charge is -2.16. The summed E-state index contributed by atoms with van der Waals surface area (Å²) in [4.78, 5) is 27.7. The molecule has 28 heavy (non-hydrogen) atoms. The second-order valence-electron chi connectivity index (χ2n) is 6.14. The Morgan fingerprint density at radius 3 is 2.50 bits per heavy atom. The zero-order valence-corrected chi connectivity index (χ0v) is 17.3. The largest absolute Gasteiger partial charge is 0.496 e. The second-order valence-corrected chi connectivity index (χ2v) is 7.82. The summed E-state index contributed by atoms with van der Waals surface area (Å²) < 4.78 is 5.46. The molecule has 0 atom stereocenters. The van der Waals surface area contributed by atoms with Gasteiger partial charge in [-0.2, -0.15) is 5.01 Å². The zero-order chi connectivity index (χ0) is 20.3. The summed E-state index contributed by atoms with van der Waals surface area (Å²) >= 11 is 6.42. The van der Waals surface area contributed by atoms with Crippen LogP contribution in [0.3, 0.4) is 0 Å². The summed E-state index contributed by atoms with van der Waals surface area (Å²) in [6.45, 7) is 0. The van der Waals surface area contributed by atoms with Gasteiger partial charge >= 0.3 is 0 Å². The molecule has 0 unspecified atom stereocenters. The molecule has 1 heterocycles. The quantitative estimate of drug-likeness (QED) is 0.599. The number of benzene rings is 2. The third-order valence-electron chi connectivity index (χ3n) is 4.07. The van der Waals surface area contributed by atoms with Crippen LogP contribution in [-0.2, 0) is 4.79 Å². The van der Waals surface area contributed by atoms with Gasteiger partial charge in [0.15, 0.2) is 4.32 Å². The molecule has 2 aromatic carbocycles. The lowest BCUT2D eigenvalue weighted by molar-refractivity contribution is -0.123. The minimum absolute atomic E-state index is 0.268. The van der Waals surface area contributed by atoms with Crippen LogP contribution in [0, 0.1) is 0 Å². The number of hydrogen-bond donors (Lipinski definition) is 1. The maximum Gasteiger partial charge on any atom is 0.285 e. The maximum atomic E-state index is 12.7. The number of thiocarbonyl (C=S) groups is 1. The van der Waals surface area contributed by atoms with Crippen LogP contribution < -0.4 is 15.1 Å². The molecule has 0 aromatic heterocycles. The molecule has 1 aliphatic heterocycles. The van der Waals surface area contributed by atoms with Gasteiger partial charge in [0.25, 0.3) is 11.8 Å². The number of ether oxygens (including phenoxy) is 1. The normalized spacial score (nSPS) is 15.1. The molecule has 3 rings (SSSR count). The predicted octanol–water partition coefficient (Wildman–Crippen LogP) is 3.31. The van der Waals surface area contributed by atoms with Gasteiger partial charge in [-0.3, -0.25) is 15.0 Å². The van der Waals surface area contributed by atoms with Crippen LogP contribution in [0.25, 0.3) is 6.08 Å². The first-order valence-electron chi connectivity index (χ1n) is 8.40. The molecule has 144 valence electrons. The maximum absolute atomic E-state index is 12.7. The second kappa shape index (κ2) is 8.45. The Morgan fingerprint density at radius 2 is 1.86 bits per heavy atom. The molecule has 1 aliphatic rings. The van der Waals surface area contributed by atoms with Crippen molar-refractivity contribution in [1.29, 1.82) is 0 Å². The molecule has 6 nitrogen and oxygen atoms in total. The number of methoxy groups -OCH3 is 1. The van der Waals surface area contributed by atoms with Crippen molar-refractivity contribution in [3.8, 4) is 5.75 Å². The van der Waals surface area contributed by atoms with Gasteiger partial charge in [-0.05, 0) is 48.1 Å². The van der Waals surface area contributed by atoms with E-state index in [0.717, 1.165) is 28.0 Å². The Labute approximate surface area is 173 Å². The van der Waals surface area contributed by atoms with E-state index < -0.39 is 5.91 Å². The van der Waals surface area contributed by atoms with E-state index >= 15 is 0 Å². The lowest BCUT2D eigenvalue weighted by Crippen LogP contribution is -2.44. The van der Waals surface area contributed by atoms with E-state index in [-0.39, 0.29) is 10.2 Å². The Morgan fingerprint density at radius 1 is 1.18 bits per heavy atom. The van der Waals surface area contributed by atoms with Gasteiger partial charge in [0.2, 0.25) is 0 Å². The summed E-state index contributed by atoms with van der Waals surface area (Å²) in [6.07, 6.45) is 1.76. The molecular weight excluding hydrogens is 394 g/mol.